The third kappa shape index (κ3) is 3.44. The van der Waals surface area contributed by atoms with Gasteiger partial charge in [0.1, 0.15) is 0 Å². The van der Waals surface area contributed by atoms with E-state index in [9.17, 15) is 13.2 Å². The molecular formula is C21H18N2O5S2. The number of hydrogen-bond acceptors (Lipinski definition) is 8. The predicted molar refractivity (Wildman–Crippen MR) is 112 cm³/mol. The van der Waals surface area contributed by atoms with E-state index < -0.39 is 9.84 Å². The van der Waals surface area contributed by atoms with Gasteiger partial charge in [0, 0.05) is 24.9 Å². The van der Waals surface area contributed by atoms with Crippen molar-refractivity contribution in [3.05, 3.63) is 64.2 Å². The molecule has 30 heavy (non-hydrogen) atoms. The highest BCUT2D eigenvalue weighted by Gasteiger charge is 2.24. The van der Waals surface area contributed by atoms with E-state index in [4.69, 9.17) is 9.47 Å². The topological polar surface area (TPSA) is 85.8 Å². The van der Waals surface area contributed by atoms with Gasteiger partial charge in [0.05, 0.1) is 16.0 Å². The summed E-state index contributed by atoms with van der Waals surface area (Å²) in [6.45, 7) is 1.72. The number of nitrogens with zero attached hydrogens (tertiary/aromatic N) is 2. The first-order valence-electron chi connectivity index (χ1n) is 9.35. The van der Waals surface area contributed by atoms with Gasteiger partial charge in [-0.1, -0.05) is 23.5 Å². The van der Waals surface area contributed by atoms with E-state index in [-0.39, 0.29) is 17.5 Å². The van der Waals surface area contributed by atoms with Crippen molar-refractivity contribution < 1.29 is 22.7 Å². The molecule has 0 unspecified atom stereocenters. The van der Waals surface area contributed by atoms with E-state index in [0.29, 0.717) is 17.0 Å². The van der Waals surface area contributed by atoms with Crippen LogP contribution in [0.5, 0.6) is 11.5 Å². The molecule has 0 aliphatic carbocycles. The number of hydrogen-bond donors (Lipinski definition) is 0. The first kappa shape index (κ1) is 19.1. The molecule has 2 aliphatic heterocycles. The van der Waals surface area contributed by atoms with Crippen LogP contribution in [0.4, 0.5) is 5.13 Å². The summed E-state index contributed by atoms with van der Waals surface area (Å²) in [5, 5.41) is 0.765. The molecule has 0 saturated heterocycles. The lowest BCUT2D eigenvalue weighted by atomic mass is 9.99. The van der Waals surface area contributed by atoms with Gasteiger partial charge in [-0.25, -0.2) is 13.4 Å². The Labute approximate surface area is 177 Å². The van der Waals surface area contributed by atoms with Crippen molar-refractivity contribution in [3.8, 4) is 11.5 Å². The van der Waals surface area contributed by atoms with Crippen LogP contribution < -0.4 is 14.4 Å². The summed E-state index contributed by atoms with van der Waals surface area (Å²) in [6, 6.07) is 10.2. The minimum Gasteiger partial charge on any atom is -0.454 e. The molecular weight excluding hydrogens is 424 g/mol. The van der Waals surface area contributed by atoms with E-state index in [0.717, 1.165) is 41.4 Å². The van der Waals surface area contributed by atoms with Crippen molar-refractivity contribution in [1.82, 2.24) is 4.98 Å². The molecule has 0 fully saturated rings. The monoisotopic (exact) mass is 442 g/mol. The largest absolute Gasteiger partial charge is 0.454 e. The van der Waals surface area contributed by atoms with Crippen molar-refractivity contribution in [2.24, 2.45) is 0 Å². The fourth-order valence-corrected chi connectivity index (χ4v) is 5.21. The number of anilines is 1. The molecule has 9 heteroatoms. The SMILES string of the molecule is CS(=O)(=O)c1cccc(C(=O)c2cnc(N3CCc4cc5c(cc4C3)OCO5)s2)c1. The van der Waals surface area contributed by atoms with Crippen LogP contribution in [0.25, 0.3) is 0 Å². The van der Waals surface area contributed by atoms with Gasteiger partial charge >= 0.3 is 0 Å². The van der Waals surface area contributed by atoms with E-state index in [1.807, 2.05) is 12.1 Å². The minimum absolute atomic E-state index is 0.129. The van der Waals surface area contributed by atoms with Crippen molar-refractivity contribution in [2.45, 2.75) is 17.9 Å². The quantitative estimate of drug-likeness (QED) is 0.574. The first-order chi connectivity index (χ1) is 14.4. The molecule has 3 aromatic rings. The Hall–Kier alpha value is -2.91. The molecule has 0 saturated carbocycles. The lowest BCUT2D eigenvalue weighted by Gasteiger charge is -2.28. The number of ketones is 1. The van der Waals surface area contributed by atoms with Gasteiger partial charge in [-0.2, -0.15) is 0 Å². The molecule has 0 bridgehead atoms. The summed E-state index contributed by atoms with van der Waals surface area (Å²) in [6.07, 6.45) is 3.54. The molecule has 5 rings (SSSR count). The molecule has 1 aromatic heterocycles. The molecule has 0 radical (unpaired) electrons. The second-order valence-electron chi connectivity index (χ2n) is 7.28. The van der Waals surface area contributed by atoms with Crippen molar-refractivity contribution in [2.75, 3.05) is 24.5 Å². The Kier molecular flexibility index (Phi) is 4.52. The van der Waals surface area contributed by atoms with Gasteiger partial charge in [0.25, 0.3) is 0 Å². The Morgan fingerprint density at radius 2 is 1.90 bits per heavy atom. The summed E-state index contributed by atoms with van der Waals surface area (Å²) < 4.78 is 34.5. The molecule has 7 nitrogen and oxygen atoms in total. The Morgan fingerprint density at radius 1 is 1.13 bits per heavy atom. The van der Waals surface area contributed by atoms with Crippen LogP contribution in [0, 0.1) is 0 Å². The van der Waals surface area contributed by atoms with Crippen LogP contribution in [-0.4, -0.2) is 38.8 Å². The number of benzene rings is 2. The molecule has 2 aliphatic rings. The van der Waals surface area contributed by atoms with Crippen LogP contribution in [0.15, 0.2) is 47.5 Å². The molecule has 154 valence electrons. The molecule has 0 amide bonds. The van der Waals surface area contributed by atoms with Crippen molar-refractivity contribution >= 4 is 32.1 Å². The number of carbonyl (C=O) groups excluding carboxylic acids is 1. The number of fused-ring (bicyclic) bond motifs is 2. The maximum absolute atomic E-state index is 12.9. The predicted octanol–water partition coefficient (Wildman–Crippen LogP) is 3.07. The van der Waals surface area contributed by atoms with Gasteiger partial charge in [0.2, 0.25) is 12.6 Å². The lowest BCUT2D eigenvalue weighted by molar-refractivity contribution is 0.104. The number of carbonyl (C=O) groups is 1. The zero-order valence-corrected chi connectivity index (χ0v) is 17.8. The fourth-order valence-electron chi connectivity index (χ4n) is 3.64. The summed E-state index contributed by atoms with van der Waals surface area (Å²) in [7, 11) is -3.38. The number of aromatic nitrogens is 1. The van der Waals surface area contributed by atoms with Crippen molar-refractivity contribution in [3.63, 3.8) is 0 Å². The number of thiazole rings is 1. The Balaban J connectivity index is 1.38. The van der Waals surface area contributed by atoms with Crippen LogP contribution in [0.3, 0.4) is 0 Å². The van der Waals surface area contributed by atoms with E-state index in [1.165, 1.54) is 29.0 Å². The van der Waals surface area contributed by atoms with Crippen LogP contribution >= 0.6 is 11.3 Å². The molecule has 2 aromatic carbocycles. The van der Waals surface area contributed by atoms with Gasteiger partial charge in [-0.15, -0.1) is 0 Å². The molecule has 0 N–H and O–H groups in total. The summed E-state index contributed by atoms with van der Waals surface area (Å²) in [5.74, 6) is 1.32. The van der Waals surface area contributed by atoms with Crippen LogP contribution in [0.1, 0.15) is 26.4 Å². The van der Waals surface area contributed by atoms with E-state index in [2.05, 4.69) is 9.88 Å². The highest BCUT2D eigenvalue weighted by atomic mass is 32.2. The van der Waals surface area contributed by atoms with E-state index in [1.54, 1.807) is 18.3 Å². The van der Waals surface area contributed by atoms with Gasteiger partial charge in [-0.3, -0.25) is 4.79 Å². The number of rotatable bonds is 4. The van der Waals surface area contributed by atoms with E-state index >= 15 is 0 Å². The average molecular weight is 443 g/mol. The Bertz CT molecular complexity index is 1270. The van der Waals surface area contributed by atoms with Gasteiger partial charge in [0.15, 0.2) is 26.5 Å². The zero-order chi connectivity index (χ0) is 20.9. The summed E-state index contributed by atoms with van der Waals surface area (Å²) in [5.41, 5.74) is 2.74. The van der Waals surface area contributed by atoms with Gasteiger partial charge in [-0.05, 0) is 41.8 Å². The zero-order valence-electron chi connectivity index (χ0n) is 16.1. The maximum Gasteiger partial charge on any atom is 0.231 e. The first-order valence-corrected chi connectivity index (χ1v) is 12.1. The van der Waals surface area contributed by atoms with Crippen molar-refractivity contribution in [1.29, 1.82) is 0 Å². The third-order valence-electron chi connectivity index (χ3n) is 5.22. The third-order valence-corrected chi connectivity index (χ3v) is 7.39. The minimum atomic E-state index is -3.38. The van der Waals surface area contributed by atoms with Gasteiger partial charge < -0.3 is 14.4 Å². The normalized spacial score (nSPS) is 15.2. The second kappa shape index (κ2) is 7.10. The number of sulfone groups is 1. The molecule has 3 heterocycles. The molecule has 0 atom stereocenters. The second-order valence-corrected chi connectivity index (χ2v) is 10.3. The summed E-state index contributed by atoms with van der Waals surface area (Å²) in [4.78, 5) is 20.1. The average Bonchev–Trinajstić information content (AvgIpc) is 3.40. The Morgan fingerprint density at radius 3 is 2.67 bits per heavy atom. The van der Waals surface area contributed by atoms with Crippen LogP contribution in [0.2, 0.25) is 0 Å². The summed E-state index contributed by atoms with van der Waals surface area (Å²) >= 11 is 1.32. The van der Waals surface area contributed by atoms with Crippen LogP contribution in [-0.2, 0) is 22.8 Å². The number of ether oxygens (including phenoxy) is 2. The maximum atomic E-state index is 12.9. The highest BCUT2D eigenvalue weighted by molar-refractivity contribution is 7.90. The standard InChI is InChI=1S/C21H18N2O5S2/c1-30(25,26)16-4-2-3-14(7-16)20(24)19-10-22-21(29-19)23-6-5-13-8-17-18(28-12-27-17)9-15(13)11-23/h2-4,7-10H,5-6,11-12H2,1H3. The molecule has 0 spiro atoms. The highest BCUT2D eigenvalue weighted by Crippen LogP contribution is 2.38. The fraction of sp³-hybridized carbons (Fsp3) is 0.238. The smallest absolute Gasteiger partial charge is 0.231 e. The lowest BCUT2D eigenvalue weighted by Crippen LogP contribution is -2.30.